The lowest BCUT2D eigenvalue weighted by Gasteiger charge is -2.35. The molecule has 0 saturated carbocycles. The summed E-state index contributed by atoms with van der Waals surface area (Å²) in [7, 11) is -0.800. The second-order valence-corrected chi connectivity index (χ2v) is 8.91. The van der Waals surface area contributed by atoms with Crippen molar-refractivity contribution >= 4 is 22.4 Å². The zero-order valence-corrected chi connectivity index (χ0v) is 19.5. The quantitative estimate of drug-likeness (QED) is 0.606. The number of methoxy groups -OCH3 is 2. The van der Waals surface area contributed by atoms with Gasteiger partial charge in [-0.2, -0.15) is 0 Å². The first-order chi connectivity index (χ1) is 15.0. The van der Waals surface area contributed by atoms with Crippen LogP contribution >= 0.6 is 12.4 Å². The third-order valence-corrected chi connectivity index (χ3v) is 6.82. The number of morpholine rings is 1. The van der Waals surface area contributed by atoms with E-state index in [1.807, 2.05) is 18.2 Å². The standard InChI is InChI=1S/C21H26N2O7S.ClH/c1-26-18-6-4-16(12-20(18)27-2)31(24,25)22-13-17(23-7-9-28-10-8-23)15-3-5-19-21(11-15)30-14-29-19;/h3-6,11-12,17,22H,7-10,13-14H2,1-2H3;1H. The van der Waals surface area contributed by atoms with E-state index < -0.39 is 10.0 Å². The molecule has 176 valence electrons. The SMILES string of the molecule is COc1ccc(S(=O)(=O)NCC(c2ccc3c(c2)OCO3)N2CCOCC2)cc1OC.Cl. The number of sulfonamides is 1. The molecular formula is C21H27ClN2O7S. The number of hydrogen-bond acceptors (Lipinski definition) is 8. The molecule has 2 aromatic rings. The lowest BCUT2D eigenvalue weighted by atomic mass is 10.0. The van der Waals surface area contributed by atoms with Crippen molar-refractivity contribution in [3.8, 4) is 23.0 Å². The molecule has 11 heteroatoms. The predicted molar refractivity (Wildman–Crippen MR) is 120 cm³/mol. The Morgan fingerprint density at radius 2 is 1.72 bits per heavy atom. The van der Waals surface area contributed by atoms with Crippen molar-refractivity contribution in [3.05, 3.63) is 42.0 Å². The minimum atomic E-state index is -3.77. The van der Waals surface area contributed by atoms with Crippen LogP contribution in [-0.2, 0) is 14.8 Å². The van der Waals surface area contributed by atoms with Gasteiger partial charge in [0, 0.05) is 31.7 Å². The highest BCUT2D eigenvalue weighted by Crippen LogP contribution is 2.36. The maximum atomic E-state index is 13.0. The van der Waals surface area contributed by atoms with Gasteiger partial charge in [-0.3, -0.25) is 4.90 Å². The third-order valence-electron chi connectivity index (χ3n) is 5.40. The summed E-state index contributed by atoms with van der Waals surface area (Å²) < 4.78 is 55.6. The number of fused-ring (bicyclic) bond motifs is 1. The largest absolute Gasteiger partial charge is 0.493 e. The van der Waals surface area contributed by atoms with E-state index >= 15 is 0 Å². The van der Waals surface area contributed by atoms with Gasteiger partial charge in [0.25, 0.3) is 0 Å². The molecule has 2 aromatic carbocycles. The van der Waals surface area contributed by atoms with E-state index in [0.29, 0.717) is 49.3 Å². The average Bonchev–Trinajstić information content (AvgIpc) is 3.27. The number of halogens is 1. The molecule has 4 rings (SSSR count). The summed E-state index contributed by atoms with van der Waals surface area (Å²) in [6.07, 6.45) is 0. The summed E-state index contributed by atoms with van der Waals surface area (Å²) >= 11 is 0. The second-order valence-electron chi connectivity index (χ2n) is 7.15. The van der Waals surface area contributed by atoms with Crippen molar-refractivity contribution in [2.75, 3.05) is 53.9 Å². The molecule has 0 aliphatic carbocycles. The van der Waals surface area contributed by atoms with Crippen LogP contribution in [0.5, 0.6) is 23.0 Å². The third kappa shape index (κ3) is 5.21. The molecule has 1 unspecified atom stereocenters. The van der Waals surface area contributed by atoms with Gasteiger partial charge in [0.15, 0.2) is 23.0 Å². The molecule has 0 radical (unpaired) electrons. The molecule has 2 aliphatic heterocycles. The van der Waals surface area contributed by atoms with E-state index in [4.69, 9.17) is 23.7 Å². The second kappa shape index (κ2) is 10.6. The lowest BCUT2D eigenvalue weighted by molar-refractivity contribution is 0.0171. The Morgan fingerprint density at radius 3 is 2.44 bits per heavy atom. The van der Waals surface area contributed by atoms with Crippen molar-refractivity contribution in [1.82, 2.24) is 9.62 Å². The summed E-state index contributed by atoms with van der Waals surface area (Å²) in [4.78, 5) is 2.31. The first kappa shape index (κ1) is 24.4. The molecule has 2 aliphatic rings. The topological polar surface area (TPSA) is 95.6 Å². The zero-order chi connectivity index (χ0) is 21.8. The fourth-order valence-corrected chi connectivity index (χ4v) is 4.78. The lowest BCUT2D eigenvalue weighted by Crippen LogP contribution is -2.43. The highest BCUT2D eigenvalue weighted by Gasteiger charge is 2.27. The van der Waals surface area contributed by atoms with Crippen molar-refractivity contribution in [2.24, 2.45) is 0 Å². The van der Waals surface area contributed by atoms with Gasteiger partial charge in [0.2, 0.25) is 16.8 Å². The van der Waals surface area contributed by atoms with Gasteiger partial charge in [-0.1, -0.05) is 6.07 Å². The van der Waals surface area contributed by atoms with E-state index in [0.717, 1.165) is 5.56 Å². The number of nitrogens with one attached hydrogen (secondary N) is 1. The van der Waals surface area contributed by atoms with Crippen LogP contribution in [0.2, 0.25) is 0 Å². The fraction of sp³-hybridized carbons (Fsp3) is 0.429. The smallest absolute Gasteiger partial charge is 0.240 e. The summed E-state index contributed by atoms with van der Waals surface area (Å²) in [5, 5.41) is 0. The summed E-state index contributed by atoms with van der Waals surface area (Å²) in [6, 6.07) is 10.0. The number of rotatable bonds is 8. The molecule has 0 amide bonds. The maximum Gasteiger partial charge on any atom is 0.240 e. The van der Waals surface area contributed by atoms with Crippen LogP contribution in [0.3, 0.4) is 0 Å². The Labute approximate surface area is 194 Å². The Morgan fingerprint density at radius 1 is 1.00 bits per heavy atom. The number of ether oxygens (including phenoxy) is 5. The molecule has 9 nitrogen and oxygen atoms in total. The molecule has 32 heavy (non-hydrogen) atoms. The molecule has 2 heterocycles. The van der Waals surface area contributed by atoms with Crippen LogP contribution in [-0.4, -0.2) is 67.2 Å². The van der Waals surface area contributed by atoms with E-state index in [9.17, 15) is 8.42 Å². The van der Waals surface area contributed by atoms with Gasteiger partial charge in [-0.05, 0) is 29.8 Å². The van der Waals surface area contributed by atoms with Crippen LogP contribution in [0, 0.1) is 0 Å². The van der Waals surface area contributed by atoms with Crippen molar-refractivity contribution in [3.63, 3.8) is 0 Å². The molecule has 1 N–H and O–H groups in total. The summed E-state index contributed by atoms with van der Waals surface area (Å²) in [5.41, 5.74) is 0.946. The van der Waals surface area contributed by atoms with Gasteiger partial charge in [-0.25, -0.2) is 13.1 Å². The Hall–Kier alpha value is -2.24. The summed E-state index contributed by atoms with van der Waals surface area (Å²) in [6.45, 7) is 2.99. The molecule has 0 bridgehead atoms. The van der Waals surface area contributed by atoms with E-state index in [2.05, 4.69) is 9.62 Å². The van der Waals surface area contributed by atoms with Gasteiger partial charge in [0.1, 0.15) is 0 Å². The van der Waals surface area contributed by atoms with Gasteiger partial charge in [-0.15, -0.1) is 12.4 Å². The normalized spacial score (nSPS) is 16.8. The van der Waals surface area contributed by atoms with Crippen LogP contribution < -0.4 is 23.7 Å². The van der Waals surface area contributed by atoms with Crippen LogP contribution in [0.25, 0.3) is 0 Å². The Bertz CT molecular complexity index is 1030. The number of nitrogens with zero attached hydrogens (tertiary/aromatic N) is 1. The molecule has 0 spiro atoms. The minimum absolute atomic E-state index is 0. The van der Waals surface area contributed by atoms with E-state index in [1.165, 1.54) is 26.4 Å². The van der Waals surface area contributed by atoms with Gasteiger partial charge in [0.05, 0.1) is 32.3 Å². The molecule has 0 aromatic heterocycles. The van der Waals surface area contributed by atoms with Gasteiger partial charge < -0.3 is 23.7 Å². The van der Waals surface area contributed by atoms with Crippen molar-refractivity contribution < 1.29 is 32.1 Å². The molecule has 1 saturated heterocycles. The minimum Gasteiger partial charge on any atom is -0.493 e. The maximum absolute atomic E-state index is 13.0. The Balaban J connectivity index is 0.00000289. The average molecular weight is 487 g/mol. The zero-order valence-electron chi connectivity index (χ0n) is 17.9. The monoisotopic (exact) mass is 486 g/mol. The van der Waals surface area contributed by atoms with Crippen LogP contribution in [0.15, 0.2) is 41.3 Å². The Kier molecular flexibility index (Phi) is 8.07. The van der Waals surface area contributed by atoms with Crippen molar-refractivity contribution in [1.29, 1.82) is 0 Å². The molecular weight excluding hydrogens is 460 g/mol. The van der Waals surface area contributed by atoms with Gasteiger partial charge >= 0.3 is 0 Å². The van der Waals surface area contributed by atoms with Crippen LogP contribution in [0.4, 0.5) is 0 Å². The van der Waals surface area contributed by atoms with E-state index in [-0.39, 0.29) is 36.7 Å². The van der Waals surface area contributed by atoms with Crippen molar-refractivity contribution in [2.45, 2.75) is 10.9 Å². The highest BCUT2D eigenvalue weighted by atomic mass is 35.5. The number of benzene rings is 2. The summed E-state index contributed by atoms with van der Waals surface area (Å²) in [5.74, 6) is 2.17. The predicted octanol–water partition coefficient (Wildman–Crippen LogP) is 2.21. The first-order valence-corrected chi connectivity index (χ1v) is 11.4. The fourth-order valence-electron chi connectivity index (χ4n) is 3.72. The highest BCUT2D eigenvalue weighted by molar-refractivity contribution is 7.89. The molecule has 1 fully saturated rings. The number of hydrogen-bond donors (Lipinski definition) is 1. The van der Waals surface area contributed by atoms with Crippen LogP contribution in [0.1, 0.15) is 11.6 Å². The first-order valence-electron chi connectivity index (χ1n) is 9.95. The molecule has 1 atom stereocenters. The van der Waals surface area contributed by atoms with E-state index in [1.54, 1.807) is 6.07 Å².